The summed E-state index contributed by atoms with van der Waals surface area (Å²) in [5, 5.41) is 4.02. The molecule has 2 aromatic carbocycles. The van der Waals surface area contributed by atoms with E-state index in [9.17, 15) is 13.2 Å². The summed E-state index contributed by atoms with van der Waals surface area (Å²) in [5.41, 5.74) is 0.0882. The Morgan fingerprint density at radius 2 is 1.59 bits per heavy atom. The Bertz CT molecular complexity index is 1130. The molecule has 0 aliphatic carbocycles. The van der Waals surface area contributed by atoms with Gasteiger partial charge in [0.05, 0.1) is 16.4 Å². The normalized spacial score (nSPS) is 11.4. The molecule has 0 N–H and O–H groups in total. The van der Waals surface area contributed by atoms with Crippen LogP contribution in [0.25, 0.3) is 16.9 Å². The zero-order valence-corrected chi connectivity index (χ0v) is 15.4. The summed E-state index contributed by atoms with van der Waals surface area (Å²) in [4.78, 5) is 7.92. The van der Waals surface area contributed by atoms with Crippen molar-refractivity contribution < 1.29 is 17.9 Å². The van der Waals surface area contributed by atoms with Crippen LogP contribution >= 0.6 is 11.6 Å². The summed E-state index contributed by atoms with van der Waals surface area (Å²) >= 11 is 6.18. The lowest BCUT2D eigenvalue weighted by atomic mass is 10.1. The Hall–Kier alpha value is -3.39. The van der Waals surface area contributed by atoms with Gasteiger partial charge in [0.1, 0.15) is 5.75 Å². The van der Waals surface area contributed by atoms with Gasteiger partial charge in [0.15, 0.2) is 5.69 Å². The van der Waals surface area contributed by atoms with Crippen LogP contribution in [0.15, 0.2) is 73.1 Å². The third-order valence-electron chi connectivity index (χ3n) is 3.98. The first kappa shape index (κ1) is 18.9. The Morgan fingerprint density at radius 3 is 2.24 bits per heavy atom. The van der Waals surface area contributed by atoms with Gasteiger partial charge in [-0.1, -0.05) is 23.7 Å². The average Bonchev–Trinajstić information content (AvgIpc) is 3.15. The standard InChI is InChI=1S/C20H12ClF3N4O/c21-15-4-1-2-5-16(15)28-17(12-18(27-28)20(22,23)24)13-6-8-14(9-7-13)29-19-25-10-3-11-26-19/h1-12H. The fraction of sp³-hybridized carbons (Fsp3) is 0.0500. The summed E-state index contributed by atoms with van der Waals surface area (Å²) < 4.78 is 46.5. The molecule has 0 atom stereocenters. The maximum absolute atomic E-state index is 13.3. The van der Waals surface area contributed by atoms with Gasteiger partial charge in [-0.25, -0.2) is 14.6 Å². The van der Waals surface area contributed by atoms with Gasteiger partial charge in [-0.2, -0.15) is 18.3 Å². The molecular weight excluding hydrogens is 405 g/mol. The minimum Gasteiger partial charge on any atom is -0.424 e. The molecule has 0 saturated carbocycles. The van der Waals surface area contributed by atoms with Gasteiger partial charge in [-0.15, -0.1) is 0 Å². The average molecular weight is 417 g/mol. The second-order valence-electron chi connectivity index (χ2n) is 5.93. The largest absolute Gasteiger partial charge is 0.435 e. The highest BCUT2D eigenvalue weighted by Gasteiger charge is 2.35. The summed E-state index contributed by atoms with van der Waals surface area (Å²) in [6.07, 6.45) is -1.51. The number of nitrogens with zero attached hydrogens (tertiary/aromatic N) is 4. The lowest BCUT2D eigenvalue weighted by Crippen LogP contribution is -2.07. The van der Waals surface area contributed by atoms with Crippen LogP contribution in [0.2, 0.25) is 5.02 Å². The Labute approximate surface area is 168 Å². The minimum atomic E-state index is -4.59. The number of rotatable bonds is 4. The van der Waals surface area contributed by atoms with Crippen molar-refractivity contribution in [3.05, 3.63) is 83.8 Å². The van der Waals surface area contributed by atoms with Crippen molar-refractivity contribution in [2.75, 3.05) is 0 Å². The second kappa shape index (κ2) is 7.56. The second-order valence-corrected chi connectivity index (χ2v) is 6.34. The van der Waals surface area contributed by atoms with E-state index in [4.69, 9.17) is 16.3 Å². The van der Waals surface area contributed by atoms with E-state index >= 15 is 0 Å². The number of halogens is 4. The lowest BCUT2D eigenvalue weighted by molar-refractivity contribution is -0.141. The topological polar surface area (TPSA) is 52.8 Å². The Balaban J connectivity index is 1.74. The highest BCUT2D eigenvalue weighted by atomic mass is 35.5. The third kappa shape index (κ3) is 4.07. The van der Waals surface area contributed by atoms with Gasteiger partial charge in [0, 0.05) is 18.0 Å². The molecule has 29 heavy (non-hydrogen) atoms. The quantitative estimate of drug-likeness (QED) is 0.422. The molecule has 4 rings (SSSR count). The minimum absolute atomic E-state index is 0.167. The molecule has 0 radical (unpaired) electrons. The summed E-state index contributed by atoms with van der Waals surface area (Å²) in [7, 11) is 0. The highest BCUT2D eigenvalue weighted by molar-refractivity contribution is 6.32. The SMILES string of the molecule is FC(F)(F)c1cc(-c2ccc(Oc3ncccn3)cc2)n(-c2ccccc2Cl)n1. The van der Waals surface area contributed by atoms with Crippen molar-refractivity contribution in [1.82, 2.24) is 19.7 Å². The molecular formula is C20H12ClF3N4O. The molecule has 0 saturated heterocycles. The van der Waals surface area contributed by atoms with Gasteiger partial charge in [0.25, 0.3) is 0 Å². The highest BCUT2D eigenvalue weighted by Crippen LogP contribution is 2.35. The summed E-state index contributed by atoms with van der Waals surface area (Å²) in [5.74, 6) is 0.444. The van der Waals surface area contributed by atoms with Gasteiger partial charge in [0.2, 0.25) is 0 Å². The molecule has 0 aliphatic heterocycles. The van der Waals surface area contributed by atoms with Crippen molar-refractivity contribution in [1.29, 1.82) is 0 Å². The molecule has 2 heterocycles. The lowest BCUT2D eigenvalue weighted by Gasteiger charge is -2.10. The van der Waals surface area contributed by atoms with Crippen LogP contribution in [0.3, 0.4) is 0 Å². The number of aromatic nitrogens is 4. The first-order chi connectivity index (χ1) is 13.9. The molecule has 9 heteroatoms. The van der Waals surface area contributed by atoms with Gasteiger partial charge < -0.3 is 4.74 Å². The molecule has 146 valence electrons. The van der Waals surface area contributed by atoms with Crippen LogP contribution in [0, 0.1) is 0 Å². The van der Waals surface area contributed by atoms with E-state index in [1.54, 1.807) is 54.6 Å². The van der Waals surface area contributed by atoms with Crippen LogP contribution in [0.5, 0.6) is 11.8 Å². The van der Waals surface area contributed by atoms with Gasteiger partial charge in [-0.05, 0) is 48.5 Å². The van der Waals surface area contributed by atoms with Crippen molar-refractivity contribution >= 4 is 11.6 Å². The van der Waals surface area contributed by atoms with Gasteiger partial charge in [-0.3, -0.25) is 0 Å². The van der Waals surface area contributed by atoms with E-state index in [0.29, 0.717) is 17.0 Å². The number of hydrogen-bond acceptors (Lipinski definition) is 4. The van der Waals surface area contributed by atoms with Crippen LogP contribution in [0.1, 0.15) is 5.69 Å². The van der Waals surface area contributed by atoms with Gasteiger partial charge >= 0.3 is 12.2 Å². The van der Waals surface area contributed by atoms with E-state index in [2.05, 4.69) is 15.1 Å². The van der Waals surface area contributed by atoms with Crippen LogP contribution in [0.4, 0.5) is 13.2 Å². The van der Waals surface area contributed by atoms with E-state index in [1.807, 2.05) is 0 Å². The molecule has 0 unspecified atom stereocenters. The number of ether oxygens (including phenoxy) is 1. The fourth-order valence-corrected chi connectivity index (χ4v) is 2.89. The molecule has 0 fully saturated rings. The number of alkyl halides is 3. The zero-order valence-electron chi connectivity index (χ0n) is 14.6. The third-order valence-corrected chi connectivity index (χ3v) is 4.30. The van der Waals surface area contributed by atoms with Crippen molar-refractivity contribution in [2.24, 2.45) is 0 Å². The molecule has 0 amide bonds. The van der Waals surface area contributed by atoms with Crippen LogP contribution in [-0.4, -0.2) is 19.7 Å². The van der Waals surface area contributed by atoms with Crippen molar-refractivity contribution in [3.63, 3.8) is 0 Å². The van der Waals surface area contributed by atoms with Crippen molar-refractivity contribution in [3.8, 4) is 28.7 Å². The summed E-state index contributed by atoms with van der Waals surface area (Å²) in [6, 6.07) is 15.9. The number of para-hydroxylation sites is 1. The van der Waals surface area contributed by atoms with E-state index in [-0.39, 0.29) is 16.7 Å². The fourth-order valence-electron chi connectivity index (χ4n) is 2.67. The predicted octanol–water partition coefficient (Wildman–Crippen LogP) is 5.79. The molecule has 0 spiro atoms. The van der Waals surface area contributed by atoms with Crippen molar-refractivity contribution in [2.45, 2.75) is 6.18 Å². The summed E-state index contributed by atoms with van der Waals surface area (Å²) in [6.45, 7) is 0. The van der Waals surface area contributed by atoms with Crippen LogP contribution < -0.4 is 4.74 Å². The zero-order chi connectivity index (χ0) is 20.4. The predicted molar refractivity (Wildman–Crippen MR) is 101 cm³/mol. The first-order valence-electron chi connectivity index (χ1n) is 8.39. The molecule has 0 aliphatic rings. The molecule has 4 aromatic rings. The number of hydrogen-bond donors (Lipinski definition) is 0. The maximum Gasteiger partial charge on any atom is 0.435 e. The number of benzene rings is 2. The van der Waals surface area contributed by atoms with E-state index in [0.717, 1.165) is 6.07 Å². The van der Waals surface area contributed by atoms with E-state index < -0.39 is 11.9 Å². The van der Waals surface area contributed by atoms with E-state index in [1.165, 1.54) is 17.1 Å². The van der Waals surface area contributed by atoms with Crippen LogP contribution in [-0.2, 0) is 6.18 Å². The molecule has 2 aromatic heterocycles. The first-order valence-corrected chi connectivity index (χ1v) is 8.77. The smallest absolute Gasteiger partial charge is 0.424 e. The molecule has 5 nitrogen and oxygen atoms in total. The Kier molecular flexibility index (Phi) is 4.94. The molecule has 0 bridgehead atoms. The Morgan fingerprint density at radius 1 is 0.897 bits per heavy atom. The maximum atomic E-state index is 13.3. The monoisotopic (exact) mass is 416 g/mol.